The lowest BCUT2D eigenvalue weighted by atomic mass is 10.0. The lowest BCUT2D eigenvalue weighted by molar-refractivity contribution is -0.105. The van der Waals surface area contributed by atoms with Crippen LogP contribution in [0.2, 0.25) is 0 Å². The molecule has 3 heteroatoms. The summed E-state index contributed by atoms with van der Waals surface area (Å²) < 4.78 is 14.6. The van der Waals surface area contributed by atoms with Gasteiger partial charge in [0.05, 0.1) is 6.61 Å². The van der Waals surface area contributed by atoms with Gasteiger partial charge in [-0.25, -0.2) is 0 Å². The van der Waals surface area contributed by atoms with Crippen LogP contribution in [0.25, 0.3) is 23.1 Å². The van der Waals surface area contributed by atoms with Crippen LogP contribution in [0, 0.1) is 0 Å². The van der Waals surface area contributed by atoms with Crippen molar-refractivity contribution in [2.24, 2.45) is 0 Å². The Morgan fingerprint density at radius 2 is 1.71 bits per heavy atom. The quantitative estimate of drug-likeness (QED) is 0.285. The van der Waals surface area contributed by atoms with E-state index in [0.29, 0.717) is 5.92 Å². The standard InChI is InChI=1S/C31H33NO2/c1-23(2)31-27(18-16-24-11-5-3-6-12-24)28-21-26(34-30-15-9-10-20-33-30)17-19-29(28)32(31)22-25-13-7-4-8-14-25/h3-8,11-14,16-19,21,23,30H,9-10,15,20,22H2,1-2H3/b18-16+. The zero-order chi connectivity index (χ0) is 23.3. The van der Waals surface area contributed by atoms with E-state index in [2.05, 4.69) is 109 Å². The average molecular weight is 452 g/mol. The largest absolute Gasteiger partial charge is 0.465 e. The van der Waals surface area contributed by atoms with Crippen LogP contribution in [0.5, 0.6) is 5.75 Å². The number of hydrogen-bond acceptors (Lipinski definition) is 2. The van der Waals surface area contributed by atoms with Crippen molar-refractivity contribution in [2.75, 3.05) is 6.61 Å². The fourth-order valence-corrected chi connectivity index (χ4v) is 4.89. The van der Waals surface area contributed by atoms with Crippen molar-refractivity contribution >= 4 is 23.1 Å². The summed E-state index contributed by atoms with van der Waals surface area (Å²) in [5, 5.41) is 1.22. The van der Waals surface area contributed by atoms with Gasteiger partial charge in [-0.2, -0.15) is 0 Å². The summed E-state index contributed by atoms with van der Waals surface area (Å²) in [7, 11) is 0. The predicted molar refractivity (Wildman–Crippen MR) is 141 cm³/mol. The van der Waals surface area contributed by atoms with Gasteiger partial charge in [-0.3, -0.25) is 0 Å². The fourth-order valence-electron chi connectivity index (χ4n) is 4.89. The Hall–Kier alpha value is -3.30. The van der Waals surface area contributed by atoms with Crippen LogP contribution >= 0.6 is 0 Å². The van der Waals surface area contributed by atoms with E-state index in [0.717, 1.165) is 38.2 Å². The molecule has 34 heavy (non-hydrogen) atoms. The third kappa shape index (κ3) is 4.95. The minimum Gasteiger partial charge on any atom is -0.465 e. The Morgan fingerprint density at radius 3 is 2.41 bits per heavy atom. The van der Waals surface area contributed by atoms with Crippen molar-refractivity contribution in [3.05, 3.63) is 101 Å². The second kappa shape index (κ2) is 10.3. The molecule has 1 aliphatic heterocycles. The minimum atomic E-state index is -0.148. The molecule has 3 nitrogen and oxygen atoms in total. The van der Waals surface area contributed by atoms with Gasteiger partial charge in [-0.1, -0.05) is 86.7 Å². The van der Waals surface area contributed by atoms with Gasteiger partial charge in [0.15, 0.2) is 6.29 Å². The molecule has 4 aromatic rings. The number of aromatic nitrogens is 1. The Labute approximate surface area is 202 Å². The topological polar surface area (TPSA) is 23.4 Å². The maximum Gasteiger partial charge on any atom is 0.199 e. The summed E-state index contributed by atoms with van der Waals surface area (Å²) >= 11 is 0. The molecule has 5 rings (SSSR count). The maximum atomic E-state index is 6.25. The average Bonchev–Trinajstić information content (AvgIpc) is 3.17. The molecule has 1 aromatic heterocycles. The van der Waals surface area contributed by atoms with Crippen molar-refractivity contribution in [3.63, 3.8) is 0 Å². The summed E-state index contributed by atoms with van der Waals surface area (Å²) in [5.74, 6) is 1.25. The normalized spacial score (nSPS) is 16.5. The van der Waals surface area contributed by atoms with Gasteiger partial charge in [-0.05, 0) is 48.1 Å². The number of benzene rings is 3. The van der Waals surface area contributed by atoms with Crippen molar-refractivity contribution in [1.29, 1.82) is 0 Å². The van der Waals surface area contributed by atoms with Crippen molar-refractivity contribution in [2.45, 2.75) is 51.9 Å². The first kappa shape index (κ1) is 22.5. The Kier molecular flexibility index (Phi) is 6.82. The second-order valence-corrected chi connectivity index (χ2v) is 9.36. The Morgan fingerprint density at radius 1 is 0.941 bits per heavy atom. The van der Waals surface area contributed by atoms with Gasteiger partial charge in [0.2, 0.25) is 0 Å². The molecule has 1 aliphatic rings. The van der Waals surface area contributed by atoms with E-state index >= 15 is 0 Å². The molecule has 0 amide bonds. The third-order valence-corrected chi connectivity index (χ3v) is 6.49. The van der Waals surface area contributed by atoms with E-state index < -0.39 is 0 Å². The molecule has 2 heterocycles. The summed E-state index contributed by atoms with van der Waals surface area (Å²) in [6.07, 6.45) is 7.56. The van der Waals surface area contributed by atoms with E-state index in [1.54, 1.807) is 0 Å². The molecule has 0 N–H and O–H groups in total. The number of ether oxygens (including phenoxy) is 2. The lowest BCUT2D eigenvalue weighted by Gasteiger charge is -2.23. The first-order chi connectivity index (χ1) is 16.7. The zero-order valence-corrected chi connectivity index (χ0v) is 20.1. The van der Waals surface area contributed by atoms with E-state index in [-0.39, 0.29) is 6.29 Å². The molecule has 0 spiro atoms. The molecule has 3 aromatic carbocycles. The molecule has 1 unspecified atom stereocenters. The molecule has 0 bridgehead atoms. The Bertz CT molecular complexity index is 1250. The lowest BCUT2D eigenvalue weighted by Crippen LogP contribution is -2.24. The highest BCUT2D eigenvalue weighted by Gasteiger charge is 2.20. The number of nitrogens with zero attached hydrogens (tertiary/aromatic N) is 1. The molecule has 0 saturated carbocycles. The van der Waals surface area contributed by atoms with Crippen LogP contribution in [-0.4, -0.2) is 17.5 Å². The SMILES string of the molecule is CC(C)c1c(/C=C/c2ccccc2)c2cc(OC3CCCCO3)ccc2n1Cc1ccccc1. The fraction of sp³-hybridized carbons (Fsp3) is 0.290. The Balaban J connectivity index is 1.62. The smallest absolute Gasteiger partial charge is 0.199 e. The molecule has 0 aliphatic carbocycles. The zero-order valence-electron chi connectivity index (χ0n) is 20.1. The summed E-state index contributed by atoms with van der Waals surface area (Å²) in [6, 6.07) is 27.7. The van der Waals surface area contributed by atoms with Gasteiger partial charge in [0.1, 0.15) is 5.75 Å². The highest BCUT2D eigenvalue weighted by atomic mass is 16.7. The summed E-state index contributed by atoms with van der Waals surface area (Å²) in [6.45, 7) is 6.19. The number of hydrogen-bond donors (Lipinski definition) is 0. The van der Waals surface area contributed by atoms with Crippen LogP contribution in [0.4, 0.5) is 0 Å². The van der Waals surface area contributed by atoms with E-state index in [1.165, 1.54) is 33.3 Å². The first-order valence-electron chi connectivity index (χ1n) is 12.4. The van der Waals surface area contributed by atoms with E-state index in [9.17, 15) is 0 Å². The third-order valence-electron chi connectivity index (χ3n) is 6.49. The molecule has 174 valence electrons. The van der Waals surface area contributed by atoms with Crippen LogP contribution in [-0.2, 0) is 11.3 Å². The molecular formula is C31H33NO2. The van der Waals surface area contributed by atoms with E-state index in [1.807, 2.05) is 0 Å². The molecule has 0 radical (unpaired) electrons. The highest BCUT2D eigenvalue weighted by molar-refractivity contribution is 5.95. The van der Waals surface area contributed by atoms with E-state index in [4.69, 9.17) is 9.47 Å². The van der Waals surface area contributed by atoms with Gasteiger partial charge in [0.25, 0.3) is 0 Å². The van der Waals surface area contributed by atoms with Gasteiger partial charge in [0, 0.05) is 35.1 Å². The summed E-state index contributed by atoms with van der Waals surface area (Å²) in [4.78, 5) is 0. The van der Waals surface area contributed by atoms with Crippen molar-refractivity contribution < 1.29 is 9.47 Å². The van der Waals surface area contributed by atoms with Crippen LogP contribution in [0.1, 0.15) is 61.4 Å². The molecule has 1 fully saturated rings. The predicted octanol–water partition coefficient (Wildman–Crippen LogP) is 7.89. The van der Waals surface area contributed by atoms with Crippen LogP contribution in [0.15, 0.2) is 78.9 Å². The van der Waals surface area contributed by atoms with Gasteiger partial charge in [-0.15, -0.1) is 0 Å². The second-order valence-electron chi connectivity index (χ2n) is 9.36. The highest BCUT2D eigenvalue weighted by Crippen LogP contribution is 2.36. The maximum absolute atomic E-state index is 6.25. The molecule has 1 atom stereocenters. The number of fused-ring (bicyclic) bond motifs is 1. The van der Waals surface area contributed by atoms with Crippen LogP contribution < -0.4 is 4.74 Å². The molecule has 1 saturated heterocycles. The molecular weight excluding hydrogens is 418 g/mol. The van der Waals surface area contributed by atoms with Crippen LogP contribution in [0.3, 0.4) is 0 Å². The summed E-state index contributed by atoms with van der Waals surface area (Å²) in [5.41, 5.74) is 6.34. The number of rotatable bonds is 7. The first-order valence-corrected chi connectivity index (χ1v) is 12.4. The minimum absolute atomic E-state index is 0.148. The van der Waals surface area contributed by atoms with Gasteiger partial charge < -0.3 is 14.0 Å². The monoisotopic (exact) mass is 451 g/mol. The van der Waals surface area contributed by atoms with Crippen molar-refractivity contribution in [1.82, 2.24) is 4.57 Å². The van der Waals surface area contributed by atoms with Crippen molar-refractivity contribution in [3.8, 4) is 5.75 Å². The van der Waals surface area contributed by atoms with Gasteiger partial charge >= 0.3 is 0 Å².